The zero-order valence-electron chi connectivity index (χ0n) is 34.7. The average molecular weight is 868 g/mol. The van der Waals surface area contributed by atoms with Crippen LogP contribution >= 0.6 is 0 Å². The summed E-state index contributed by atoms with van der Waals surface area (Å²) in [5.74, 6) is 0. The molecular formula is C45H44IrN3OSi. The third-order valence-electron chi connectivity index (χ3n) is 8.60. The number of aryl methyl sites for hydroxylation is 1. The number of para-hydroxylation sites is 4. The second kappa shape index (κ2) is 14.6. The van der Waals surface area contributed by atoms with Crippen LogP contribution in [0.5, 0.6) is 0 Å². The van der Waals surface area contributed by atoms with E-state index in [1.54, 1.807) is 18.3 Å². The first-order chi connectivity index (χ1) is 25.9. The van der Waals surface area contributed by atoms with Gasteiger partial charge in [0.05, 0.1) is 8.07 Å². The molecule has 1 aliphatic rings. The average Bonchev–Trinajstić information content (AvgIpc) is 3.73. The Labute approximate surface area is 324 Å². The van der Waals surface area contributed by atoms with Gasteiger partial charge < -0.3 is 19.6 Å². The number of hydrogen-bond donors (Lipinski definition) is 0. The van der Waals surface area contributed by atoms with Gasteiger partial charge in [-0.2, -0.15) is 17.7 Å². The smallest absolute Gasteiger partial charge is 0.661 e. The number of anilines is 2. The first-order valence-corrected chi connectivity index (χ1v) is 20.4. The molecule has 4 nitrogen and oxygen atoms in total. The summed E-state index contributed by atoms with van der Waals surface area (Å²) in [6.45, 7) is 10.1. The van der Waals surface area contributed by atoms with Crippen molar-refractivity contribution in [1.82, 2.24) is 4.98 Å². The van der Waals surface area contributed by atoms with Gasteiger partial charge >= 0.3 is 20.1 Å². The molecule has 6 heteroatoms. The molecule has 0 amide bonds. The summed E-state index contributed by atoms with van der Waals surface area (Å²) in [6, 6.07) is 43.9. The minimum atomic E-state index is -2.17. The third kappa shape index (κ3) is 7.89. The second-order valence-corrected chi connectivity index (χ2v) is 19.7. The van der Waals surface area contributed by atoms with Crippen molar-refractivity contribution >= 4 is 52.3 Å². The fourth-order valence-electron chi connectivity index (χ4n) is 6.30. The van der Waals surface area contributed by atoms with Gasteiger partial charge in [-0.15, -0.1) is 47.1 Å². The summed E-state index contributed by atoms with van der Waals surface area (Å²) in [7, 11) is -1.81. The number of hydrogen-bond acceptors (Lipinski definition) is 3. The van der Waals surface area contributed by atoms with E-state index in [-0.39, 0.29) is 31.8 Å². The Morgan fingerprint density at radius 2 is 1.61 bits per heavy atom. The number of rotatable bonds is 5. The summed E-state index contributed by atoms with van der Waals surface area (Å²) in [5, 5.41) is 8.20. The van der Waals surface area contributed by atoms with Crippen LogP contribution in [0.1, 0.15) is 50.5 Å². The van der Waals surface area contributed by atoms with Crippen LogP contribution in [0.4, 0.5) is 17.1 Å². The number of fused-ring (bicyclic) bond motifs is 4. The molecule has 0 bridgehead atoms. The van der Waals surface area contributed by atoms with Gasteiger partial charge in [-0.1, -0.05) is 119 Å². The fraction of sp³-hybridized carbons (Fsp3) is 0.222. The zero-order valence-corrected chi connectivity index (χ0v) is 33.1. The molecular weight excluding hydrogens is 819 g/mol. The van der Waals surface area contributed by atoms with Gasteiger partial charge in [0, 0.05) is 30.0 Å². The van der Waals surface area contributed by atoms with Gasteiger partial charge in [-0.25, -0.2) is 0 Å². The minimum absolute atomic E-state index is 0. The Hall–Kier alpha value is -4.48. The van der Waals surface area contributed by atoms with Gasteiger partial charge in [0.15, 0.2) is 0 Å². The Morgan fingerprint density at radius 1 is 0.863 bits per heavy atom. The van der Waals surface area contributed by atoms with Crippen LogP contribution in [-0.2, 0) is 26.5 Å². The van der Waals surface area contributed by atoms with E-state index in [2.05, 4.69) is 96.3 Å². The maximum atomic E-state index is 8.79. The minimum Gasteiger partial charge on any atom is -0.661 e. The Morgan fingerprint density at radius 3 is 2.33 bits per heavy atom. The van der Waals surface area contributed by atoms with Gasteiger partial charge in [0.1, 0.15) is 5.58 Å². The monoisotopic (exact) mass is 868 g/mol. The molecule has 0 spiro atoms. The molecule has 5 aromatic carbocycles. The maximum Gasteiger partial charge on any atom is 3.00 e. The normalized spacial score (nSPS) is 16.0. The summed E-state index contributed by atoms with van der Waals surface area (Å²) in [5.41, 5.74) is 7.58. The van der Waals surface area contributed by atoms with E-state index in [1.807, 2.05) is 63.2 Å². The van der Waals surface area contributed by atoms with Crippen LogP contribution in [0, 0.1) is 24.4 Å². The number of furan rings is 1. The van der Waals surface area contributed by atoms with Crippen molar-refractivity contribution in [2.75, 3.05) is 4.90 Å². The Balaban J connectivity index is 0.000000187. The summed E-state index contributed by atoms with van der Waals surface area (Å²) < 4.78 is 46.1. The van der Waals surface area contributed by atoms with Crippen molar-refractivity contribution in [3.8, 4) is 11.3 Å². The number of nitrogens with zero attached hydrogens (tertiary/aromatic N) is 3. The van der Waals surface area contributed by atoms with Gasteiger partial charge in [-0.3, -0.25) is 0 Å². The molecule has 0 fully saturated rings. The van der Waals surface area contributed by atoms with Crippen LogP contribution < -0.4 is 10.1 Å². The quantitative estimate of drug-likeness (QED) is 0.128. The van der Waals surface area contributed by atoms with Crippen molar-refractivity contribution < 1.29 is 31.4 Å². The molecule has 3 heterocycles. The number of aromatic nitrogens is 1. The van der Waals surface area contributed by atoms with Gasteiger partial charge in [0.2, 0.25) is 0 Å². The molecule has 1 atom stereocenters. The second-order valence-electron chi connectivity index (χ2n) is 14.7. The van der Waals surface area contributed by atoms with E-state index in [0.717, 1.165) is 49.8 Å². The summed E-state index contributed by atoms with van der Waals surface area (Å²) >= 11 is 0. The molecule has 8 rings (SSSR count). The zero-order chi connectivity index (χ0) is 39.3. The van der Waals surface area contributed by atoms with E-state index in [1.165, 1.54) is 6.07 Å². The standard InChI is InChI=1S/C25H16N2O.C20H28NSi.Ir/c1-2-8-18(9-3-1)27-22-12-6-5-11-21(22)26-25(27)17-14-15-20-19-10-4-7-13-23(19)28-24(20)16-17;1-15-8-10-16(11-9-15)18-12-17(13-20(2,3)4)19(14-21-18)22(5,6)7;/h1-13,15-16,25H;8-10,12,14H,13H2,1-7H3;/q-2;-1;+3/i;1D3,13D2;. The summed E-state index contributed by atoms with van der Waals surface area (Å²) in [6.07, 6.45) is 0.0997. The molecule has 1 aliphatic heterocycles. The number of pyridine rings is 1. The molecule has 1 unspecified atom stereocenters. The first-order valence-electron chi connectivity index (χ1n) is 19.4. The molecule has 7 aromatic rings. The van der Waals surface area contributed by atoms with E-state index < -0.39 is 26.7 Å². The van der Waals surface area contributed by atoms with E-state index in [9.17, 15) is 0 Å². The van der Waals surface area contributed by atoms with E-state index >= 15 is 0 Å². The topological polar surface area (TPSA) is 43.4 Å². The van der Waals surface area contributed by atoms with Crippen molar-refractivity contribution in [1.29, 1.82) is 0 Å². The first kappa shape index (κ1) is 30.2. The molecule has 0 N–H and O–H groups in total. The SMILES string of the molecule is [2H]C([2H])([2H])c1c[c-]c(-c2cc(C([2H])([2H])C(C)(C)C)c([Si](C)(C)C)cn2)cc1.[Ir+3].[c-]1cc2c(cc1C1[N-]c3ccccc3N1c1ccccc1)oc1ccccc12. The van der Waals surface area contributed by atoms with Crippen molar-refractivity contribution in [2.45, 2.75) is 59.8 Å². The van der Waals surface area contributed by atoms with Crippen LogP contribution in [0.2, 0.25) is 19.6 Å². The Bertz CT molecular complexity index is 2470. The maximum absolute atomic E-state index is 8.79. The van der Waals surface area contributed by atoms with Gasteiger partial charge in [0.25, 0.3) is 0 Å². The predicted molar refractivity (Wildman–Crippen MR) is 213 cm³/mol. The van der Waals surface area contributed by atoms with Gasteiger partial charge in [-0.05, 0) is 58.5 Å². The molecule has 2 aromatic heterocycles. The van der Waals surface area contributed by atoms with Crippen LogP contribution in [0.25, 0.3) is 38.5 Å². The van der Waals surface area contributed by atoms with E-state index in [4.69, 9.17) is 16.6 Å². The van der Waals surface area contributed by atoms with Crippen molar-refractivity contribution in [3.05, 3.63) is 156 Å². The molecule has 0 radical (unpaired) electrons. The molecule has 0 saturated heterocycles. The predicted octanol–water partition coefficient (Wildman–Crippen LogP) is 12.2. The van der Waals surface area contributed by atoms with Crippen LogP contribution in [-0.4, -0.2) is 13.1 Å². The third-order valence-corrected chi connectivity index (χ3v) is 10.6. The largest absolute Gasteiger partial charge is 3.00 e. The van der Waals surface area contributed by atoms with Crippen molar-refractivity contribution in [2.24, 2.45) is 5.41 Å². The number of benzene rings is 5. The molecule has 0 saturated carbocycles. The fourth-order valence-corrected chi connectivity index (χ4v) is 7.69. The molecule has 0 aliphatic carbocycles. The molecule has 258 valence electrons. The summed E-state index contributed by atoms with van der Waals surface area (Å²) in [4.78, 5) is 6.82. The Kier molecular flexibility index (Phi) is 8.66. The molecule has 51 heavy (non-hydrogen) atoms. The van der Waals surface area contributed by atoms with Crippen LogP contribution in [0.3, 0.4) is 0 Å². The van der Waals surface area contributed by atoms with Crippen LogP contribution in [0.15, 0.2) is 126 Å². The van der Waals surface area contributed by atoms with Crippen molar-refractivity contribution in [3.63, 3.8) is 0 Å². The van der Waals surface area contributed by atoms with E-state index in [0.29, 0.717) is 16.8 Å².